The summed E-state index contributed by atoms with van der Waals surface area (Å²) in [5, 5.41) is 8.66. The number of halogens is 2. The Morgan fingerprint density at radius 2 is 2.20 bits per heavy atom. The van der Waals surface area contributed by atoms with Crippen molar-refractivity contribution in [2.45, 2.75) is 12.8 Å². The minimum atomic E-state index is -0.988. The molecule has 1 aliphatic carbocycles. The van der Waals surface area contributed by atoms with E-state index in [1.807, 2.05) is 0 Å². The number of benzene rings is 1. The van der Waals surface area contributed by atoms with Gasteiger partial charge in [0.25, 0.3) is 0 Å². The molecule has 1 N–H and O–H groups in total. The number of hydrogen-bond donors (Lipinski definition) is 1. The fraction of sp³-hybridized carbons (Fsp3) is 0.182. The lowest BCUT2D eigenvalue weighted by Gasteiger charge is -2.03. The van der Waals surface area contributed by atoms with Crippen molar-refractivity contribution in [3.8, 4) is 0 Å². The van der Waals surface area contributed by atoms with Gasteiger partial charge in [-0.2, -0.15) is 0 Å². The summed E-state index contributed by atoms with van der Waals surface area (Å²) in [6, 6.07) is 2.80. The van der Waals surface area contributed by atoms with E-state index in [9.17, 15) is 9.18 Å². The average Bonchev–Trinajstić information content (AvgIpc) is 2.48. The minimum Gasteiger partial charge on any atom is -0.478 e. The molecule has 1 aromatic carbocycles. The predicted octanol–water partition coefficient (Wildman–Crippen LogP) is 3.00. The third-order valence-corrected chi connectivity index (χ3v) is 3.16. The molecule has 0 aliphatic heterocycles. The fourth-order valence-electron chi connectivity index (χ4n) is 1.84. The molecule has 1 aliphatic rings. The first-order chi connectivity index (χ1) is 7.08. The summed E-state index contributed by atoms with van der Waals surface area (Å²) in [5.41, 5.74) is 2.39. The van der Waals surface area contributed by atoms with Crippen LogP contribution in [0.1, 0.15) is 17.5 Å². The van der Waals surface area contributed by atoms with E-state index in [1.165, 1.54) is 12.1 Å². The first-order valence-electron chi connectivity index (χ1n) is 4.49. The van der Waals surface area contributed by atoms with Crippen molar-refractivity contribution in [3.05, 3.63) is 39.6 Å². The van der Waals surface area contributed by atoms with E-state index in [2.05, 4.69) is 15.9 Å². The molecule has 0 radical (unpaired) electrons. The second kappa shape index (κ2) is 3.77. The largest absolute Gasteiger partial charge is 0.478 e. The molecule has 4 heteroatoms. The molecule has 15 heavy (non-hydrogen) atoms. The Kier molecular flexibility index (Phi) is 2.61. The first-order valence-corrected chi connectivity index (χ1v) is 5.29. The van der Waals surface area contributed by atoms with Crippen LogP contribution in [0.25, 0.3) is 5.57 Å². The Balaban J connectivity index is 2.55. The van der Waals surface area contributed by atoms with E-state index in [4.69, 9.17) is 5.11 Å². The van der Waals surface area contributed by atoms with Crippen LogP contribution in [0.4, 0.5) is 4.39 Å². The maximum atomic E-state index is 13.1. The highest BCUT2D eigenvalue weighted by molar-refractivity contribution is 9.10. The zero-order chi connectivity index (χ0) is 11.0. The Labute approximate surface area is 94.5 Å². The van der Waals surface area contributed by atoms with Crippen LogP contribution in [0.2, 0.25) is 0 Å². The second-order valence-electron chi connectivity index (χ2n) is 3.42. The lowest BCUT2D eigenvalue weighted by Crippen LogP contribution is -1.91. The molecule has 78 valence electrons. The quantitative estimate of drug-likeness (QED) is 0.797. The van der Waals surface area contributed by atoms with Gasteiger partial charge in [0.2, 0.25) is 0 Å². The summed E-state index contributed by atoms with van der Waals surface area (Å²) in [7, 11) is 0. The number of carboxylic acids is 1. The number of carbonyl (C=O) groups is 1. The molecule has 0 spiro atoms. The van der Waals surface area contributed by atoms with Crippen molar-refractivity contribution < 1.29 is 14.3 Å². The van der Waals surface area contributed by atoms with Crippen molar-refractivity contribution in [2.75, 3.05) is 0 Å². The summed E-state index contributed by atoms with van der Waals surface area (Å²) >= 11 is 3.28. The molecular weight excluding hydrogens is 263 g/mol. The standard InChI is InChI=1S/C11H8BrFO2/c12-10-5-7(13)4-9-6(3-11(14)15)1-2-8(9)10/h3-5H,1-2H2,(H,14,15)/b6-3-. The van der Waals surface area contributed by atoms with E-state index >= 15 is 0 Å². The van der Waals surface area contributed by atoms with Gasteiger partial charge in [0.15, 0.2) is 0 Å². The lowest BCUT2D eigenvalue weighted by molar-refractivity contribution is -0.131. The first kappa shape index (κ1) is 10.4. The van der Waals surface area contributed by atoms with Gasteiger partial charge in [0, 0.05) is 10.5 Å². The van der Waals surface area contributed by atoms with Gasteiger partial charge in [-0.3, -0.25) is 0 Å². The molecule has 1 aromatic rings. The highest BCUT2D eigenvalue weighted by Crippen LogP contribution is 2.37. The number of rotatable bonds is 1. The van der Waals surface area contributed by atoms with Crippen LogP contribution in [0, 0.1) is 5.82 Å². The van der Waals surface area contributed by atoms with Crippen molar-refractivity contribution in [1.29, 1.82) is 0 Å². The molecule has 0 aromatic heterocycles. The zero-order valence-electron chi connectivity index (χ0n) is 7.76. The summed E-state index contributed by atoms with van der Waals surface area (Å²) in [4.78, 5) is 10.6. The Bertz CT molecular complexity index is 466. The molecule has 0 unspecified atom stereocenters. The van der Waals surface area contributed by atoms with Gasteiger partial charge >= 0.3 is 5.97 Å². The van der Waals surface area contributed by atoms with Crippen LogP contribution in [0.15, 0.2) is 22.7 Å². The maximum Gasteiger partial charge on any atom is 0.328 e. The van der Waals surface area contributed by atoms with Gasteiger partial charge in [0.1, 0.15) is 5.82 Å². The van der Waals surface area contributed by atoms with Crippen LogP contribution in [-0.4, -0.2) is 11.1 Å². The fourth-order valence-corrected chi connectivity index (χ4v) is 2.47. The van der Waals surface area contributed by atoms with Crippen LogP contribution in [0.5, 0.6) is 0 Å². The lowest BCUT2D eigenvalue weighted by atomic mass is 10.1. The summed E-state index contributed by atoms with van der Waals surface area (Å²) in [5.74, 6) is -1.34. The topological polar surface area (TPSA) is 37.3 Å². The predicted molar refractivity (Wildman–Crippen MR) is 58.0 cm³/mol. The molecular formula is C11H8BrFO2. The number of hydrogen-bond acceptors (Lipinski definition) is 1. The highest BCUT2D eigenvalue weighted by atomic mass is 79.9. The third-order valence-electron chi connectivity index (χ3n) is 2.45. The van der Waals surface area contributed by atoms with Gasteiger partial charge < -0.3 is 5.11 Å². The van der Waals surface area contributed by atoms with Crippen LogP contribution >= 0.6 is 15.9 Å². The molecule has 2 nitrogen and oxygen atoms in total. The molecule has 2 rings (SSSR count). The molecule has 0 atom stereocenters. The molecule has 0 fully saturated rings. The van der Waals surface area contributed by atoms with Crippen molar-refractivity contribution in [2.24, 2.45) is 0 Å². The number of aliphatic carboxylic acids is 1. The van der Waals surface area contributed by atoms with Gasteiger partial charge in [-0.25, -0.2) is 9.18 Å². The van der Waals surface area contributed by atoms with Crippen molar-refractivity contribution in [1.82, 2.24) is 0 Å². The smallest absolute Gasteiger partial charge is 0.328 e. The van der Waals surface area contributed by atoms with Crippen LogP contribution < -0.4 is 0 Å². The van der Waals surface area contributed by atoms with E-state index in [-0.39, 0.29) is 5.82 Å². The van der Waals surface area contributed by atoms with Gasteiger partial charge in [-0.05, 0) is 41.7 Å². The molecule has 0 amide bonds. The van der Waals surface area contributed by atoms with Crippen LogP contribution in [-0.2, 0) is 11.2 Å². The van der Waals surface area contributed by atoms with Crippen LogP contribution in [0.3, 0.4) is 0 Å². The normalized spacial score (nSPS) is 16.8. The van der Waals surface area contributed by atoms with Gasteiger partial charge in [0.05, 0.1) is 0 Å². The van der Waals surface area contributed by atoms with E-state index < -0.39 is 5.97 Å². The van der Waals surface area contributed by atoms with Gasteiger partial charge in [-0.1, -0.05) is 15.9 Å². The summed E-state index contributed by atoms with van der Waals surface area (Å²) < 4.78 is 13.8. The number of allylic oxidation sites excluding steroid dienone is 1. The molecule has 0 heterocycles. The Morgan fingerprint density at radius 3 is 2.87 bits per heavy atom. The third kappa shape index (κ3) is 1.95. The minimum absolute atomic E-state index is 0.348. The van der Waals surface area contributed by atoms with Crippen molar-refractivity contribution in [3.63, 3.8) is 0 Å². The summed E-state index contributed by atoms with van der Waals surface area (Å²) in [6.45, 7) is 0. The SMILES string of the molecule is O=C(O)/C=C1/CCc2c(Br)cc(F)cc21. The van der Waals surface area contributed by atoms with Crippen molar-refractivity contribution >= 4 is 27.5 Å². The van der Waals surface area contributed by atoms with E-state index in [0.717, 1.165) is 18.1 Å². The molecule has 0 bridgehead atoms. The maximum absolute atomic E-state index is 13.1. The van der Waals surface area contributed by atoms with Gasteiger partial charge in [-0.15, -0.1) is 0 Å². The highest BCUT2D eigenvalue weighted by Gasteiger charge is 2.20. The molecule has 0 saturated carbocycles. The summed E-state index contributed by atoms with van der Waals surface area (Å²) in [6.07, 6.45) is 2.57. The Hall–Kier alpha value is -1.16. The zero-order valence-corrected chi connectivity index (χ0v) is 9.34. The number of carboxylic acid groups (broad SMARTS) is 1. The monoisotopic (exact) mass is 270 g/mol. The average molecular weight is 271 g/mol. The van der Waals surface area contributed by atoms with E-state index in [0.29, 0.717) is 22.0 Å². The number of fused-ring (bicyclic) bond motifs is 1. The second-order valence-corrected chi connectivity index (χ2v) is 4.28. The molecule has 0 saturated heterocycles. The Morgan fingerprint density at radius 1 is 1.47 bits per heavy atom. The van der Waals surface area contributed by atoms with E-state index in [1.54, 1.807) is 0 Å².